The van der Waals surface area contributed by atoms with E-state index in [-0.39, 0.29) is 5.82 Å². The van der Waals surface area contributed by atoms with Gasteiger partial charge in [-0.3, -0.25) is 0 Å². The molecule has 0 aliphatic rings. The Morgan fingerprint density at radius 2 is 1.68 bits per heavy atom. The lowest BCUT2D eigenvalue weighted by Gasteiger charge is -2.15. The molecule has 0 bridgehead atoms. The van der Waals surface area contributed by atoms with Crippen molar-refractivity contribution in [1.29, 1.82) is 0 Å². The molecule has 0 spiro atoms. The highest BCUT2D eigenvalue weighted by atomic mass is 32.1. The van der Waals surface area contributed by atoms with E-state index >= 15 is 0 Å². The molecule has 4 heteroatoms. The van der Waals surface area contributed by atoms with Crippen molar-refractivity contribution in [2.45, 2.75) is 5.82 Å². The van der Waals surface area contributed by atoms with Crippen LogP contribution < -0.4 is 0 Å². The largest absolute Gasteiger partial charge is 0.464 e. The van der Waals surface area contributed by atoms with Crippen LogP contribution in [0.2, 0.25) is 0 Å². The molecule has 2 aromatic carbocycles. The normalized spacial score (nSPS) is 12.5. The van der Waals surface area contributed by atoms with E-state index in [1.165, 1.54) is 11.3 Å². The third kappa shape index (κ3) is 2.43. The van der Waals surface area contributed by atoms with Gasteiger partial charge in [-0.25, -0.2) is 0 Å². The number of rotatable bonds is 3. The molecule has 19 heavy (non-hydrogen) atoms. The lowest BCUT2D eigenvalue weighted by atomic mass is 9.68. The van der Waals surface area contributed by atoms with Crippen LogP contribution in [0.4, 0.5) is 0 Å². The van der Waals surface area contributed by atoms with Crippen LogP contribution in [0.15, 0.2) is 60.0 Å². The number of fused-ring (bicyclic) bond motifs is 1. The zero-order valence-electron chi connectivity index (χ0n) is 10.2. The van der Waals surface area contributed by atoms with Crippen LogP contribution in [-0.4, -0.2) is 17.2 Å². The third-order valence-corrected chi connectivity index (χ3v) is 4.24. The highest BCUT2D eigenvalue weighted by Crippen LogP contribution is 2.31. The Hall–Kier alpha value is -1.62. The van der Waals surface area contributed by atoms with Gasteiger partial charge in [0.15, 0.2) is 0 Å². The minimum Gasteiger partial charge on any atom is -0.426 e. The Balaban J connectivity index is 2.10. The molecule has 1 atom stereocenters. The first-order valence-electron chi connectivity index (χ1n) is 6.14. The molecule has 0 amide bonds. The summed E-state index contributed by atoms with van der Waals surface area (Å²) >= 11 is 1.54. The summed E-state index contributed by atoms with van der Waals surface area (Å²) < 4.78 is 0. The Morgan fingerprint density at radius 3 is 2.37 bits per heavy atom. The van der Waals surface area contributed by atoms with Gasteiger partial charge in [0.25, 0.3) is 0 Å². The molecule has 1 unspecified atom stereocenters. The van der Waals surface area contributed by atoms with Crippen molar-refractivity contribution < 1.29 is 10.0 Å². The van der Waals surface area contributed by atoms with Crippen LogP contribution in [0, 0.1) is 0 Å². The second-order valence-electron chi connectivity index (χ2n) is 4.51. The highest BCUT2D eigenvalue weighted by molar-refractivity contribution is 7.10. The summed E-state index contributed by atoms with van der Waals surface area (Å²) in [6.45, 7) is 0. The van der Waals surface area contributed by atoms with Gasteiger partial charge in [-0.2, -0.15) is 0 Å². The minimum atomic E-state index is -1.39. The van der Waals surface area contributed by atoms with Crippen LogP contribution in [0.1, 0.15) is 16.3 Å². The maximum atomic E-state index is 9.67. The van der Waals surface area contributed by atoms with Crippen molar-refractivity contribution in [2.24, 2.45) is 0 Å². The van der Waals surface area contributed by atoms with Crippen molar-refractivity contribution in [3.8, 4) is 0 Å². The van der Waals surface area contributed by atoms with Crippen molar-refractivity contribution >= 4 is 29.2 Å². The average Bonchev–Trinajstić information content (AvgIpc) is 2.92. The van der Waals surface area contributed by atoms with Gasteiger partial charge in [0, 0.05) is 4.88 Å². The van der Waals surface area contributed by atoms with E-state index in [1.54, 1.807) is 0 Å². The van der Waals surface area contributed by atoms with Crippen molar-refractivity contribution in [1.82, 2.24) is 0 Å². The maximum absolute atomic E-state index is 9.67. The monoisotopic (exact) mass is 268 g/mol. The summed E-state index contributed by atoms with van der Waals surface area (Å²) in [6, 6.07) is 17.9. The molecular weight excluding hydrogens is 255 g/mol. The SMILES string of the molecule is OB(O)C(c1ccc2ccccc2c1)c1cccs1. The predicted molar refractivity (Wildman–Crippen MR) is 80.3 cm³/mol. The van der Waals surface area contributed by atoms with E-state index in [0.717, 1.165) is 21.2 Å². The fourth-order valence-electron chi connectivity index (χ4n) is 2.35. The van der Waals surface area contributed by atoms with Gasteiger partial charge in [-0.15, -0.1) is 11.3 Å². The number of hydrogen-bond donors (Lipinski definition) is 2. The molecule has 3 rings (SSSR count). The summed E-state index contributed by atoms with van der Waals surface area (Å²) in [5.41, 5.74) is 0.927. The van der Waals surface area contributed by atoms with Crippen molar-refractivity contribution in [3.05, 3.63) is 70.4 Å². The molecule has 0 radical (unpaired) electrons. The summed E-state index contributed by atoms with van der Waals surface area (Å²) in [5.74, 6) is -0.385. The molecule has 0 fully saturated rings. The van der Waals surface area contributed by atoms with Gasteiger partial charge in [0.05, 0.1) is 5.82 Å². The molecule has 2 N–H and O–H groups in total. The number of benzene rings is 2. The van der Waals surface area contributed by atoms with Gasteiger partial charge in [-0.1, -0.05) is 48.5 Å². The zero-order valence-corrected chi connectivity index (χ0v) is 11.0. The molecule has 0 saturated heterocycles. The summed E-state index contributed by atoms with van der Waals surface area (Å²) in [5, 5.41) is 23.6. The Kier molecular flexibility index (Phi) is 3.38. The Labute approximate surface area is 116 Å². The Bertz CT molecular complexity index is 679. The molecule has 3 aromatic rings. The van der Waals surface area contributed by atoms with E-state index in [1.807, 2.05) is 53.9 Å². The zero-order chi connectivity index (χ0) is 13.2. The van der Waals surface area contributed by atoms with Crippen LogP contribution in [0.25, 0.3) is 10.8 Å². The summed E-state index contributed by atoms with van der Waals surface area (Å²) in [7, 11) is -1.39. The minimum absolute atomic E-state index is 0.385. The molecule has 2 nitrogen and oxygen atoms in total. The van der Waals surface area contributed by atoms with Crippen LogP contribution in [0.5, 0.6) is 0 Å². The molecule has 1 heterocycles. The molecule has 1 aromatic heterocycles. The third-order valence-electron chi connectivity index (χ3n) is 3.28. The van der Waals surface area contributed by atoms with Gasteiger partial charge < -0.3 is 10.0 Å². The molecule has 94 valence electrons. The molecule has 0 aliphatic carbocycles. The smallest absolute Gasteiger partial charge is 0.426 e. The lowest BCUT2D eigenvalue weighted by Crippen LogP contribution is -2.23. The van der Waals surface area contributed by atoms with Crippen LogP contribution >= 0.6 is 11.3 Å². The topological polar surface area (TPSA) is 40.5 Å². The molecular formula is C15H13BO2S. The van der Waals surface area contributed by atoms with Gasteiger partial charge >= 0.3 is 7.12 Å². The fraction of sp³-hybridized carbons (Fsp3) is 0.0667. The Morgan fingerprint density at radius 1 is 0.895 bits per heavy atom. The number of thiophene rings is 1. The summed E-state index contributed by atoms with van der Waals surface area (Å²) in [4.78, 5) is 0.963. The van der Waals surface area contributed by atoms with Crippen LogP contribution in [-0.2, 0) is 0 Å². The second kappa shape index (κ2) is 5.17. The van der Waals surface area contributed by atoms with Gasteiger partial charge in [0.2, 0.25) is 0 Å². The van der Waals surface area contributed by atoms with Crippen LogP contribution in [0.3, 0.4) is 0 Å². The van der Waals surface area contributed by atoms with E-state index in [9.17, 15) is 10.0 Å². The average molecular weight is 268 g/mol. The second-order valence-corrected chi connectivity index (χ2v) is 5.49. The maximum Gasteiger partial charge on any atom is 0.464 e. The number of hydrogen-bond acceptors (Lipinski definition) is 3. The molecule has 0 aliphatic heterocycles. The van der Waals surface area contributed by atoms with Gasteiger partial charge in [0.1, 0.15) is 0 Å². The quantitative estimate of drug-likeness (QED) is 0.717. The first-order valence-corrected chi connectivity index (χ1v) is 7.02. The summed E-state index contributed by atoms with van der Waals surface area (Å²) in [6.07, 6.45) is 0. The van der Waals surface area contributed by atoms with E-state index in [0.29, 0.717) is 0 Å². The fourth-order valence-corrected chi connectivity index (χ4v) is 3.23. The first-order chi connectivity index (χ1) is 9.25. The van der Waals surface area contributed by atoms with E-state index in [2.05, 4.69) is 6.07 Å². The van der Waals surface area contributed by atoms with Crippen molar-refractivity contribution in [3.63, 3.8) is 0 Å². The van der Waals surface area contributed by atoms with Crippen molar-refractivity contribution in [2.75, 3.05) is 0 Å². The first kappa shape index (κ1) is 12.4. The lowest BCUT2D eigenvalue weighted by molar-refractivity contribution is 0.396. The van der Waals surface area contributed by atoms with E-state index < -0.39 is 7.12 Å². The standard InChI is InChI=1S/C15H13BO2S/c17-16(18)15(14-6-3-9-19-14)13-8-7-11-4-1-2-5-12(11)10-13/h1-10,15,17-18H. The van der Waals surface area contributed by atoms with Gasteiger partial charge in [-0.05, 0) is 27.8 Å². The highest BCUT2D eigenvalue weighted by Gasteiger charge is 2.27. The van der Waals surface area contributed by atoms with E-state index in [4.69, 9.17) is 0 Å². The predicted octanol–water partition coefficient (Wildman–Crippen LogP) is 3.05. The molecule has 0 saturated carbocycles.